The molecule has 0 radical (unpaired) electrons. The molecule has 66 valence electrons. The number of hydrogen-bond acceptors (Lipinski definition) is 1. The molecule has 2 rings (SSSR count). The van der Waals surface area contributed by atoms with E-state index in [1.165, 1.54) is 10.9 Å². The van der Waals surface area contributed by atoms with Crippen LogP contribution in [0.1, 0.15) is 11.1 Å². The number of benzene rings is 2. The van der Waals surface area contributed by atoms with E-state index in [1.807, 2.05) is 18.2 Å². The minimum absolute atomic E-state index is 0. The molecule has 0 aromatic heterocycles. The minimum Gasteiger partial charge on any atom is -0.851 e. The van der Waals surface area contributed by atoms with Gasteiger partial charge in [-0.15, -0.1) is 6.61 Å². The van der Waals surface area contributed by atoms with Gasteiger partial charge in [-0.1, -0.05) is 47.5 Å². The van der Waals surface area contributed by atoms with Gasteiger partial charge in [0, 0.05) is 0 Å². The number of rotatable bonds is 1. The molecule has 0 spiro atoms. The topological polar surface area (TPSA) is 23.1 Å². The van der Waals surface area contributed by atoms with E-state index in [4.69, 9.17) is 0 Å². The van der Waals surface area contributed by atoms with Crippen LogP contribution in [-0.2, 0) is 6.61 Å². The Bertz CT molecular complexity index is 437. The molecule has 0 amide bonds. The van der Waals surface area contributed by atoms with E-state index in [9.17, 15) is 5.11 Å². The van der Waals surface area contributed by atoms with Gasteiger partial charge in [0.1, 0.15) is 0 Å². The molecule has 0 fully saturated rings. The fraction of sp³-hybridized carbons (Fsp3) is 0.167. The van der Waals surface area contributed by atoms with E-state index in [1.54, 1.807) is 0 Å². The second kappa shape index (κ2) is 5.40. The predicted octanol–water partition coefficient (Wildman–Crippen LogP) is -0.987. The Morgan fingerprint density at radius 1 is 1.00 bits per heavy atom. The largest absolute Gasteiger partial charge is 1.00 e. The third-order valence-corrected chi connectivity index (χ3v) is 2.23. The van der Waals surface area contributed by atoms with Crippen LogP contribution >= 0.6 is 0 Å². The van der Waals surface area contributed by atoms with Crippen LogP contribution in [0.3, 0.4) is 0 Å². The van der Waals surface area contributed by atoms with E-state index < -0.39 is 0 Å². The van der Waals surface area contributed by atoms with Gasteiger partial charge >= 0.3 is 51.4 Å². The molecule has 2 heteroatoms. The van der Waals surface area contributed by atoms with E-state index in [0.717, 1.165) is 10.9 Å². The van der Waals surface area contributed by atoms with Gasteiger partial charge in [-0.2, -0.15) is 0 Å². The summed E-state index contributed by atoms with van der Waals surface area (Å²) in [6.45, 7) is 1.94. The third-order valence-electron chi connectivity index (χ3n) is 2.23. The number of hydrogen-bond donors (Lipinski definition) is 0. The maximum absolute atomic E-state index is 10.6. The quantitative estimate of drug-likeness (QED) is 0.554. The average molecular weight is 210 g/mol. The van der Waals surface area contributed by atoms with Crippen LogP contribution in [-0.4, -0.2) is 0 Å². The first kappa shape index (κ1) is 12.4. The Hall–Kier alpha value is 0.296. The van der Waals surface area contributed by atoms with Crippen molar-refractivity contribution in [3.63, 3.8) is 0 Å². The zero-order chi connectivity index (χ0) is 9.26. The summed E-state index contributed by atoms with van der Waals surface area (Å²) in [5, 5.41) is 13.0. The first-order valence-electron chi connectivity index (χ1n) is 4.37. The van der Waals surface area contributed by atoms with Crippen LogP contribution in [0.2, 0.25) is 0 Å². The van der Waals surface area contributed by atoms with Crippen LogP contribution < -0.4 is 56.5 Å². The molecule has 14 heavy (non-hydrogen) atoms. The van der Waals surface area contributed by atoms with Crippen molar-refractivity contribution in [1.29, 1.82) is 0 Å². The summed E-state index contributed by atoms with van der Waals surface area (Å²) in [5.41, 5.74) is 2.11. The monoisotopic (exact) mass is 210 g/mol. The second-order valence-corrected chi connectivity index (χ2v) is 3.33. The zero-order valence-electron chi connectivity index (χ0n) is 8.58. The van der Waals surface area contributed by atoms with E-state index in [2.05, 4.69) is 25.1 Å². The Morgan fingerprint density at radius 3 is 2.36 bits per heavy atom. The second-order valence-electron chi connectivity index (χ2n) is 3.33. The zero-order valence-corrected chi connectivity index (χ0v) is 11.7. The predicted molar refractivity (Wildman–Crippen MR) is 52.4 cm³/mol. The van der Waals surface area contributed by atoms with Gasteiger partial charge in [0.25, 0.3) is 0 Å². The maximum atomic E-state index is 10.6. The van der Waals surface area contributed by atoms with Crippen LogP contribution in [0.4, 0.5) is 0 Å². The van der Waals surface area contributed by atoms with Gasteiger partial charge < -0.3 is 5.11 Å². The molecule has 0 aliphatic heterocycles. The smallest absolute Gasteiger partial charge is 0.851 e. The van der Waals surface area contributed by atoms with Crippen LogP contribution in [0.5, 0.6) is 0 Å². The maximum Gasteiger partial charge on any atom is 1.00 e. The Kier molecular flexibility index (Phi) is 4.77. The first-order valence-corrected chi connectivity index (χ1v) is 4.37. The van der Waals surface area contributed by atoms with Crippen LogP contribution in [0.25, 0.3) is 10.8 Å². The summed E-state index contributed by atoms with van der Waals surface area (Å²) in [7, 11) is 0. The molecule has 0 N–H and O–H groups in total. The Labute approximate surface area is 127 Å². The van der Waals surface area contributed by atoms with Gasteiger partial charge in [-0.05, 0) is 17.7 Å². The molecular weight excluding hydrogens is 199 g/mol. The number of fused-ring (bicyclic) bond motifs is 1. The summed E-state index contributed by atoms with van der Waals surface area (Å²) < 4.78 is 0. The van der Waals surface area contributed by atoms with E-state index in [0.29, 0.717) is 0 Å². The third kappa shape index (κ3) is 2.66. The normalized spacial score (nSPS) is 9.86. The van der Waals surface area contributed by atoms with Gasteiger partial charge in [0.15, 0.2) is 0 Å². The first-order chi connectivity index (χ1) is 6.29. The van der Waals surface area contributed by atoms with Crippen molar-refractivity contribution in [2.75, 3.05) is 0 Å². The Morgan fingerprint density at radius 2 is 1.64 bits per heavy atom. The molecule has 0 unspecified atom stereocenters. The fourth-order valence-corrected chi connectivity index (χ4v) is 1.50. The molecule has 2 aromatic rings. The molecule has 0 heterocycles. The molecule has 0 aliphatic rings. The van der Waals surface area contributed by atoms with Crippen molar-refractivity contribution in [3.8, 4) is 0 Å². The summed E-state index contributed by atoms with van der Waals surface area (Å²) >= 11 is 0. The minimum atomic E-state index is -0.135. The van der Waals surface area contributed by atoms with Crippen molar-refractivity contribution in [2.24, 2.45) is 0 Å². The van der Waals surface area contributed by atoms with Crippen molar-refractivity contribution >= 4 is 10.8 Å². The van der Waals surface area contributed by atoms with Gasteiger partial charge in [0.2, 0.25) is 0 Å². The fourth-order valence-electron chi connectivity index (χ4n) is 1.50. The number of aryl methyl sites for hydroxylation is 1. The van der Waals surface area contributed by atoms with Crippen molar-refractivity contribution in [1.82, 2.24) is 0 Å². The summed E-state index contributed by atoms with van der Waals surface area (Å²) in [4.78, 5) is 0. The average Bonchev–Trinajstić information content (AvgIpc) is 2.17. The van der Waals surface area contributed by atoms with Gasteiger partial charge in [0.05, 0.1) is 0 Å². The molecule has 0 aliphatic carbocycles. The Balaban J connectivity index is 0.000000980. The van der Waals surface area contributed by atoms with E-state index >= 15 is 0 Å². The molecule has 1 nitrogen and oxygen atoms in total. The molecule has 0 bridgehead atoms. The van der Waals surface area contributed by atoms with Gasteiger partial charge in [-0.3, -0.25) is 0 Å². The standard InChI is InChI=1S/C12H11O.K/c1-9-2-4-12-7-10(8-13)3-5-11(12)6-9;/h2-7H,8H2,1H3;/q-1;+1. The van der Waals surface area contributed by atoms with Crippen molar-refractivity contribution < 1.29 is 56.5 Å². The van der Waals surface area contributed by atoms with Crippen molar-refractivity contribution in [2.45, 2.75) is 13.5 Å². The van der Waals surface area contributed by atoms with Crippen LogP contribution in [0, 0.1) is 6.92 Å². The molecule has 0 saturated carbocycles. The van der Waals surface area contributed by atoms with Crippen molar-refractivity contribution in [3.05, 3.63) is 47.5 Å². The van der Waals surface area contributed by atoms with Gasteiger partial charge in [-0.25, -0.2) is 0 Å². The summed E-state index contributed by atoms with van der Waals surface area (Å²) in [5.74, 6) is 0. The summed E-state index contributed by atoms with van der Waals surface area (Å²) in [6, 6.07) is 12.1. The molecule has 0 atom stereocenters. The molecular formula is C12H11KO. The molecule has 2 aromatic carbocycles. The summed E-state index contributed by atoms with van der Waals surface area (Å²) in [6.07, 6.45) is 0. The van der Waals surface area contributed by atoms with Crippen LogP contribution in [0.15, 0.2) is 36.4 Å². The van der Waals surface area contributed by atoms with E-state index in [-0.39, 0.29) is 58.0 Å². The SMILES string of the molecule is Cc1ccc2cc(C[O-])ccc2c1.[K+]. The molecule has 0 saturated heterocycles.